The summed E-state index contributed by atoms with van der Waals surface area (Å²) in [6, 6.07) is 17.7. The molecule has 0 bridgehead atoms. The van der Waals surface area contributed by atoms with Crippen LogP contribution in [0.3, 0.4) is 0 Å². The first-order valence-corrected chi connectivity index (χ1v) is 9.66. The van der Waals surface area contributed by atoms with Crippen LogP contribution in [-0.2, 0) is 11.8 Å². The van der Waals surface area contributed by atoms with Gasteiger partial charge >= 0.3 is 0 Å². The van der Waals surface area contributed by atoms with Crippen molar-refractivity contribution in [3.63, 3.8) is 0 Å². The molecular formula is C20H18N6OS. The van der Waals surface area contributed by atoms with Gasteiger partial charge in [0.1, 0.15) is 0 Å². The van der Waals surface area contributed by atoms with E-state index in [1.54, 1.807) is 6.21 Å². The van der Waals surface area contributed by atoms with Crippen LogP contribution in [0.5, 0.6) is 0 Å². The van der Waals surface area contributed by atoms with E-state index in [2.05, 4.69) is 25.7 Å². The van der Waals surface area contributed by atoms with Crippen LogP contribution < -0.4 is 5.43 Å². The summed E-state index contributed by atoms with van der Waals surface area (Å²) in [5.41, 5.74) is 5.49. The summed E-state index contributed by atoms with van der Waals surface area (Å²) in [4.78, 5) is 15.3. The Morgan fingerprint density at radius 1 is 1.18 bits per heavy atom. The highest BCUT2D eigenvalue weighted by Gasteiger charge is 2.12. The smallest absolute Gasteiger partial charge is 0.250 e. The highest BCUT2D eigenvalue weighted by Crippen LogP contribution is 2.22. The molecule has 4 rings (SSSR count). The first-order chi connectivity index (χ1) is 13.7. The lowest BCUT2D eigenvalue weighted by Crippen LogP contribution is -2.19. The fraction of sp³-hybridized carbons (Fsp3) is 0.100. The number of nitrogens with zero attached hydrogens (tertiary/aromatic N) is 4. The zero-order chi connectivity index (χ0) is 19.3. The van der Waals surface area contributed by atoms with Gasteiger partial charge in [0.15, 0.2) is 11.0 Å². The molecule has 2 aromatic heterocycles. The van der Waals surface area contributed by atoms with E-state index in [1.165, 1.54) is 11.8 Å². The molecule has 28 heavy (non-hydrogen) atoms. The van der Waals surface area contributed by atoms with Crippen molar-refractivity contribution in [3.8, 4) is 11.4 Å². The second-order valence-corrected chi connectivity index (χ2v) is 7.05. The van der Waals surface area contributed by atoms with Crippen LogP contribution in [0.1, 0.15) is 5.56 Å². The van der Waals surface area contributed by atoms with Crippen molar-refractivity contribution in [1.29, 1.82) is 0 Å². The average molecular weight is 390 g/mol. The number of hydrazone groups is 1. The Morgan fingerprint density at radius 2 is 1.96 bits per heavy atom. The van der Waals surface area contributed by atoms with Crippen molar-refractivity contribution in [2.24, 2.45) is 12.1 Å². The normalized spacial score (nSPS) is 11.3. The zero-order valence-electron chi connectivity index (χ0n) is 15.2. The number of amides is 1. The topological polar surface area (TPSA) is 88.0 Å². The molecule has 4 aromatic rings. The lowest BCUT2D eigenvalue weighted by Gasteiger charge is -2.03. The van der Waals surface area contributed by atoms with Gasteiger partial charge in [-0.15, -0.1) is 10.2 Å². The van der Waals surface area contributed by atoms with Gasteiger partial charge in [-0.25, -0.2) is 5.43 Å². The second kappa shape index (κ2) is 8.10. The fourth-order valence-corrected chi connectivity index (χ4v) is 3.52. The lowest BCUT2D eigenvalue weighted by atomic mass is 10.2. The molecule has 0 saturated carbocycles. The Kier molecular flexibility index (Phi) is 5.20. The molecule has 0 fully saturated rings. The summed E-state index contributed by atoms with van der Waals surface area (Å²) in [5, 5.41) is 14.2. The molecule has 0 aliphatic carbocycles. The van der Waals surface area contributed by atoms with Crippen LogP contribution in [0.4, 0.5) is 0 Å². The van der Waals surface area contributed by atoms with Gasteiger partial charge in [0.2, 0.25) is 0 Å². The molecule has 8 heteroatoms. The van der Waals surface area contributed by atoms with Gasteiger partial charge in [0.25, 0.3) is 5.91 Å². The molecule has 0 saturated heterocycles. The number of benzene rings is 2. The van der Waals surface area contributed by atoms with Crippen LogP contribution in [0.15, 0.2) is 71.1 Å². The first kappa shape index (κ1) is 18.0. The quantitative estimate of drug-likeness (QED) is 0.301. The number of thioether (sulfide) groups is 1. The predicted molar refractivity (Wildman–Crippen MR) is 111 cm³/mol. The minimum atomic E-state index is -0.203. The van der Waals surface area contributed by atoms with E-state index >= 15 is 0 Å². The number of hydrogen-bond acceptors (Lipinski definition) is 5. The number of para-hydroxylation sites is 1. The molecule has 0 radical (unpaired) electrons. The number of rotatable bonds is 6. The summed E-state index contributed by atoms with van der Waals surface area (Å²) in [6.45, 7) is 0. The molecule has 2 aromatic carbocycles. The number of fused-ring (bicyclic) bond motifs is 1. The molecular weight excluding hydrogens is 372 g/mol. The number of carbonyl (C=O) groups is 1. The standard InChI is InChI=1S/C20H18N6OS/c1-26-19(14-7-3-2-4-8-14)24-25-20(26)28-13-18(27)23-22-12-15-11-21-17-10-6-5-9-16(15)17/h2-12,21H,13H2,1H3,(H,23,27)/b22-12-. The van der Waals surface area contributed by atoms with Gasteiger partial charge in [-0.3, -0.25) is 4.79 Å². The molecule has 140 valence electrons. The van der Waals surface area contributed by atoms with Crippen molar-refractivity contribution in [2.75, 3.05) is 5.75 Å². The highest BCUT2D eigenvalue weighted by atomic mass is 32.2. The Bertz CT molecular complexity index is 1130. The van der Waals surface area contributed by atoms with Gasteiger partial charge in [-0.2, -0.15) is 5.10 Å². The third kappa shape index (κ3) is 3.81. The van der Waals surface area contributed by atoms with Gasteiger partial charge in [0, 0.05) is 35.3 Å². The number of H-pyrrole nitrogens is 1. The number of nitrogens with one attached hydrogen (secondary N) is 2. The van der Waals surface area contributed by atoms with E-state index in [0.717, 1.165) is 27.9 Å². The maximum absolute atomic E-state index is 12.1. The van der Waals surface area contributed by atoms with Gasteiger partial charge < -0.3 is 9.55 Å². The number of hydrogen-bond donors (Lipinski definition) is 2. The van der Waals surface area contributed by atoms with Crippen LogP contribution in [0.2, 0.25) is 0 Å². The van der Waals surface area contributed by atoms with Gasteiger partial charge in [0.05, 0.1) is 12.0 Å². The summed E-state index contributed by atoms with van der Waals surface area (Å²) < 4.78 is 1.88. The van der Waals surface area contributed by atoms with Crippen LogP contribution >= 0.6 is 11.8 Å². The van der Waals surface area contributed by atoms with Crippen molar-refractivity contribution >= 4 is 34.8 Å². The third-order valence-corrected chi connectivity index (χ3v) is 5.23. The summed E-state index contributed by atoms with van der Waals surface area (Å²) >= 11 is 1.32. The number of carbonyl (C=O) groups excluding carboxylic acids is 1. The fourth-order valence-electron chi connectivity index (χ4n) is 2.82. The highest BCUT2D eigenvalue weighted by molar-refractivity contribution is 7.99. The van der Waals surface area contributed by atoms with Crippen LogP contribution in [0.25, 0.3) is 22.3 Å². The van der Waals surface area contributed by atoms with E-state index in [4.69, 9.17) is 0 Å². The van der Waals surface area contributed by atoms with E-state index in [1.807, 2.05) is 72.4 Å². The minimum absolute atomic E-state index is 0.200. The van der Waals surface area contributed by atoms with Crippen molar-refractivity contribution < 1.29 is 4.79 Å². The third-order valence-electron chi connectivity index (χ3n) is 4.21. The molecule has 0 spiro atoms. The number of aromatic nitrogens is 4. The average Bonchev–Trinajstić information content (AvgIpc) is 3.31. The van der Waals surface area contributed by atoms with E-state index in [0.29, 0.717) is 5.16 Å². The molecule has 2 heterocycles. The maximum Gasteiger partial charge on any atom is 0.250 e. The molecule has 2 N–H and O–H groups in total. The van der Waals surface area contributed by atoms with Crippen LogP contribution in [0, 0.1) is 0 Å². The Balaban J connectivity index is 1.34. The summed E-state index contributed by atoms with van der Waals surface area (Å²) in [7, 11) is 1.89. The lowest BCUT2D eigenvalue weighted by molar-refractivity contribution is -0.118. The summed E-state index contributed by atoms with van der Waals surface area (Å²) in [6.07, 6.45) is 3.50. The van der Waals surface area contributed by atoms with Crippen molar-refractivity contribution in [3.05, 3.63) is 66.4 Å². The van der Waals surface area contributed by atoms with Gasteiger partial charge in [-0.05, 0) is 6.07 Å². The monoisotopic (exact) mass is 390 g/mol. The van der Waals surface area contributed by atoms with E-state index < -0.39 is 0 Å². The molecule has 0 aliphatic rings. The predicted octanol–water partition coefficient (Wildman–Crippen LogP) is 3.21. The molecule has 0 unspecified atom stereocenters. The molecule has 7 nitrogen and oxygen atoms in total. The van der Waals surface area contributed by atoms with E-state index in [9.17, 15) is 4.79 Å². The zero-order valence-corrected chi connectivity index (χ0v) is 16.0. The largest absolute Gasteiger partial charge is 0.361 e. The molecule has 0 aliphatic heterocycles. The maximum atomic E-state index is 12.1. The molecule has 1 amide bonds. The Labute approximate surface area is 165 Å². The SMILES string of the molecule is Cn1c(SCC(=O)N/N=C\c2c[nH]c3ccccc23)nnc1-c1ccccc1. The van der Waals surface area contributed by atoms with Gasteiger partial charge in [-0.1, -0.05) is 60.3 Å². The first-order valence-electron chi connectivity index (χ1n) is 8.68. The Hall–Kier alpha value is -3.39. The Morgan fingerprint density at radius 3 is 2.82 bits per heavy atom. The van der Waals surface area contributed by atoms with Crippen molar-refractivity contribution in [1.82, 2.24) is 25.2 Å². The number of aromatic amines is 1. The second-order valence-electron chi connectivity index (χ2n) is 6.10. The van der Waals surface area contributed by atoms with Crippen molar-refractivity contribution in [2.45, 2.75) is 5.16 Å². The minimum Gasteiger partial charge on any atom is -0.361 e. The summed E-state index contributed by atoms with van der Waals surface area (Å²) in [5.74, 6) is 0.762. The van der Waals surface area contributed by atoms with E-state index in [-0.39, 0.29) is 11.7 Å². The van der Waals surface area contributed by atoms with Crippen LogP contribution in [-0.4, -0.2) is 37.6 Å². The molecule has 0 atom stereocenters.